The molecule has 0 radical (unpaired) electrons. The van der Waals surface area contributed by atoms with E-state index in [9.17, 15) is 13.2 Å². The Hall–Kier alpha value is -1.02. The summed E-state index contributed by atoms with van der Waals surface area (Å²) in [5.41, 5.74) is -0.661. The van der Waals surface area contributed by atoms with E-state index in [2.05, 4.69) is 26.8 Å². The molecule has 0 fully saturated rings. The Morgan fingerprint density at radius 2 is 2.00 bits per heavy atom. The lowest BCUT2D eigenvalue weighted by molar-refractivity contribution is -0.141. The number of aromatic nitrogens is 1. The van der Waals surface area contributed by atoms with Crippen molar-refractivity contribution in [2.45, 2.75) is 6.18 Å². The lowest BCUT2D eigenvalue weighted by Crippen LogP contribution is -2.08. The summed E-state index contributed by atoms with van der Waals surface area (Å²) < 4.78 is 36.2. The van der Waals surface area contributed by atoms with Crippen molar-refractivity contribution in [3.63, 3.8) is 0 Å². The Kier molecular flexibility index (Phi) is 2.62. The van der Waals surface area contributed by atoms with Gasteiger partial charge in [-0.05, 0) is 28.1 Å². The molecule has 0 atom stereocenters. The average Bonchev–Trinajstić information content (AvgIpc) is 2.02. The van der Waals surface area contributed by atoms with Crippen molar-refractivity contribution in [3.8, 4) is 12.3 Å². The number of nitrogens with zero attached hydrogens (tertiary/aromatic N) is 1. The topological polar surface area (TPSA) is 12.9 Å². The molecule has 0 bridgehead atoms. The van der Waals surface area contributed by atoms with E-state index in [0.717, 1.165) is 6.07 Å². The van der Waals surface area contributed by atoms with Gasteiger partial charge in [-0.25, -0.2) is 4.98 Å². The van der Waals surface area contributed by atoms with Gasteiger partial charge in [0.05, 0.1) is 5.56 Å². The fourth-order valence-electron chi connectivity index (χ4n) is 0.700. The number of terminal acetylenes is 1. The van der Waals surface area contributed by atoms with Crippen LogP contribution in [0.15, 0.2) is 16.7 Å². The minimum absolute atomic E-state index is 0.0322. The van der Waals surface area contributed by atoms with Crippen LogP contribution >= 0.6 is 15.9 Å². The first-order valence-electron chi connectivity index (χ1n) is 3.15. The van der Waals surface area contributed by atoms with E-state index in [-0.39, 0.29) is 4.60 Å². The SMILES string of the molecule is C#Cc1ccc(C(F)(F)F)nc1Br. The highest BCUT2D eigenvalue weighted by Crippen LogP contribution is 2.29. The Labute approximate surface area is 81.1 Å². The molecule has 0 N–H and O–H groups in total. The molecule has 1 heterocycles. The van der Waals surface area contributed by atoms with E-state index in [4.69, 9.17) is 6.42 Å². The van der Waals surface area contributed by atoms with Crippen LogP contribution in [0, 0.1) is 12.3 Å². The predicted molar refractivity (Wildman–Crippen MR) is 44.9 cm³/mol. The van der Waals surface area contributed by atoms with Gasteiger partial charge in [0.25, 0.3) is 0 Å². The zero-order chi connectivity index (χ0) is 10.1. The van der Waals surface area contributed by atoms with Crippen LogP contribution in [-0.2, 0) is 6.18 Å². The average molecular weight is 250 g/mol. The van der Waals surface area contributed by atoms with E-state index in [1.165, 1.54) is 6.07 Å². The summed E-state index contributed by atoms with van der Waals surface area (Å²) in [5, 5.41) is 0. The lowest BCUT2D eigenvalue weighted by atomic mass is 10.2. The second-order valence-electron chi connectivity index (χ2n) is 2.18. The number of hydrogen-bond donors (Lipinski definition) is 0. The van der Waals surface area contributed by atoms with Gasteiger partial charge in [0.15, 0.2) is 0 Å². The minimum Gasteiger partial charge on any atom is -0.235 e. The molecular formula is C8H3BrF3N. The molecule has 0 saturated heterocycles. The molecule has 5 heteroatoms. The summed E-state index contributed by atoms with van der Waals surface area (Å²) in [4.78, 5) is 3.26. The largest absolute Gasteiger partial charge is 0.433 e. The summed E-state index contributed by atoms with van der Waals surface area (Å²) in [5.74, 6) is 2.20. The van der Waals surface area contributed by atoms with Gasteiger partial charge >= 0.3 is 6.18 Å². The van der Waals surface area contributed by atoms with Crippen LogP contribution in [0.3, 0.4) is 0 Å². The highest BCUT2D eigenvalue weighted by molar-refractivity contribution is 9.10. The van der Waals surface area contributed by atoms with Gasteiger partial charge < -0.3 is 0 Å². The predicted octanol–water partition coefficient (Wildman–Crippen LogP) is 2.84. The number of halogens is 4. The maximum atomic E-state index is 12.1. The van der Waals surface area contributed by atoms with Crippen LogP contribution in [0.4, 0.5) is 13.2 Å². The second kappa shape index (κ2) is 3.38. The number of alkyl halides is 3. The third-order valence-corrected chi connectivity index (χ3v) is 1.90. The molecule has 68 valence electrons. The second-order valence-corrected chi connectivity index (χ2v) is 2.93. The van der Waals surface area contributed by atoms with Gasteiger partial charge in [-0.2, -0.15) is 13.2 Å². The Balaban J connectivity index is 3.20. The molecule has 0 aromatic carbocycles. The summed E-state index contributed by atoms with van der Waals surface area (Å²) in [6.45, 7) is 0. The third-order valence-electron chi connectivity index (χ3n) is 1.29. The Morgan fingerprint density at radius 3 is 2.38 bits per heavy atom. The standard InChI is InChI=1S/C8H3BrF3N/c1-2-5-3-4-6(8(10,11)12)13-7(5)9/h1,3-4H. The summed E-state index contributed by atoms with van der Waals surface area (Å²) >= 11 is 2.85. The fourth-order valence-corrected chi connectivity index (χ4v) is 1.14. The lowest BCUT2D eigenvalue weighted by Gasteiger charge is -2.05. The summed E-state index contributed by atoms with van der Waals surface area (Å²) in [7, 11) is 0. The van der Waals surface area contributed by atoms with E-state index in [1.807, 2.05) is 0 Å². The molecule has 0 unspecified atom stereocenters. The van der Waals surface area contributed by atoms with Crippen LogP contribution in [0.1, 0.15) is 11.3 Å². The Morgan fingerprint density at radius 1 is 1.38 bits per heavy atom. The van der Waals surface area contributed by atoms with Crippen LogP contribution in [0.25, 0.3) is 0 Å². The molecule has 0 aliphatic carbocycles. The van der Waals surface area contributed by atoms with Gasteiger partial charge in [0.2, 0.25) is 0 Å². The van der Waals surface area contributed by atoms with Crippen molar-refractivity contribution in [2.75, 3.05) is 0 Å². The minimum atomic E-state index is -4.43. The molecule has 0 aliphatic rings. The van der Waals surface area contributed by atoms with Crippen LogP contribution in [0.5, 0.6) is 0 Å². The molecule has 13 heavy (non-hydrogen) atoms. The van der Waals surface area contributed by atoms with Crippen LogP contribution < -0.4 is 0 Å². The van der Waals surface area contributed by atoms with E-state index < -0.39 is 11.9 Å². The summed E-state index contributed by atoms with van der Waals surface area (Å²) in [6, 6.07) is 2.04. The van der Waals surface area contributed by atoms with Crippen LogP contribution in [0.2, 0.25) is 0 Å². The van der Waals surface area contributed by atoms with Gasteiger partial charge in [-0.15, -0.1) is 6.42 Å². The van der Waals surface area contributed by atoms with Gasteiger partial charge in [-0.1, -0.05) is 5.92 Å². The number of rotatable bonds is 0. The molecule has 1 nitrogen and oxygen atoms in total. The highest BCUT2D eigenvalue weighted by atomic mass is 79.9. The maximum absolute atomic E-state index is 12.1. The molecule has 1 aromatic heterocycles. The Bertz CT molecular complexity index is 365. The fraction of sp³-hybridized carbons (Fsp3) is 0.125. The van der Waals surface area contributed by atoms with Crippen molar-refractivity contribution in [1.29, 1.82) is 0 Å². The maximum Gasteiger partial charge on any atom is 0.433 e. The van der Waals surface area contributed by atoms with E-state index in [0.29, 0.717) is 5.56 Å². The van der Waals surface area contributed by atoms with Gasteiger partial charge in [-0.3, -0.25) is 0 Å². The van der Waals surface area contributed by atoms with Crippen molar-refractivity contribution < 1.29 is 13.2 Å². The number of pyridine rings is 1. The van der Waals surface area contributed by atoms with E-state index >= 15 is 0 Å². The molecule has 1 aromatic rings. The summed E-state index contributed by atoms with van der Waals surface area (Å²) in [6.07, 6.45) is 0.574. The van der Waals surface area contributed by atoms with Gasteiger partial charge in [0.1, 0.15) is 10.3 Å². The highest BCUT2D eigenvalue weighted by Gasteiger charge is 2.32. The van der Waals surface area contributed by atoms with Gasteiger partial charge in [0, 0.05) is 0 Å². The quantitative estimate of drug-likeness (QED) is 0.509. The molecule has 0 spiro atoms. The molecule has 1 rings (SSSR count). The first-order valence-corrected chi connectivity index (χ1v) is 3.95. The molecule has 0 aliphatic heterocycles. The van der Waals surface area contributed by atoms with Crippen molar-refractivity contribution in [2.24, 2.45) is 0 Å². The van der Waals surface area contributed by atoms with Crippen molar-refractivity contribution in [3.05, 3.63) is 28.0 Å². The smallest absolute Gasteiger partial charge is 0.235 e. The zero-order valence-electron chi connectivity index (χ0n) is 6.19. The first kappa shape index (κ1) is 10.1. The van der Waals surface area contributed by atoms with E-state index in [1.54, 1.807) is 0 Å². The van der Waals surface area contributed by atoms with Crippen molar-refractivity contribution >= 4 is 15.9 Å². The monoisotopic (exact) mass is 249 g/mol. The molecule has 0 amide bonds. The normalized spacial score (nSPS) is 11.0. The molecule has 0 saturated carbocycles. The number of hydrogen-bond acceptors (Lipinski definition) is 1. The zero-order valence-corrected chi connectivity index (χ0v) is 7.78. The first-order chi connectivity index (χ1) is 5.95. The third kappa shape index (κ3) is 2.22. The molecular weight excluding hydrogens is 247 g/mol. The van der Waals surface area contributed by atoms with Crippen LogP contribution in [-0.4, -0.2) is 4.98 Å². The van der Waals surface area contributed by atoms with Crippen molar-refractivity contribution in [1.82, 2.24) is 4.98 Å².